The van der Waals surface area contributed by atoms with E-state index in [0.29, 0.717) is 18.4 Å². The lowest BCUT2D eigenvalue weighted by molar-refractivity contribution is 0.102. The minimum absolute atomic E-state index is 0.283. The number of benzene rings is 1. The number of ketones is 1. The predicted octanol–water partition coefficient (Wildman–Crippen LogP) is 2.79. The number of rotatable bonds is 5. The average molecular weight is 280 g/mol. The fourth-order valence-corrected chi connectivity index (χ4v) is 4.38. The minimum atomic E-state index is -3.27. The van der Waals surface area contributed by atoms with E-state index >= 15 is 0 Å². The van der Waals surface area contributed by atoms with Gasteiger partial charge in [-0.1, -0.05) is 44.0 Å². The first-order chi connectivity index (χ1) is 9.03. The first kappa shape index (κ1) is 14.3. The van der Waals surface area contributed by atoms with Gasteiger partial charge in [-0.15, -0.1) is 0 Å². The van der Waals surface area contributed by atoms with Gasteiger partial charge in [-0.2, -0.15) is 0 Å². The Labute approximate surface area is 114 Å². The number of hydrogen-bond donors (Lipinski definition) is 0. The maximum Gasteiger partial charge on any atom is 0.177 e. The second-order valence-corrected chi connectivity index (χ2v) is 7.47. The molecule has 0 bridgehead atoms. The Morgan fingerprint density at radius 1 is 1.16 bits per heavy atom. The highest BCUT2D eigenvalue weighted by atomic mass is 32.2. The number of sulfone groups is 1. The summed E-state index contributed by atoms with van der Waals surface area (Å²) in [6, 6.07) is 7.22. The molecular formula is C15H20O3S. The Hall–Kier alpha value is -1.16. The quantitative estimate of drug-likeness (QED) is 0.779. The summed E-state index contributed by atoms with van der Waals surface area (Å²) in [5.41, 5.74) is 1.65. The van der Waals surface area contributed by atoms with Crippen molar-refractivity contribution in [2.75, 3.05) is 5.75 Å². The van der Waals surface area contributed by atoms with Crippen molar-refractivity contribution in [3.63, 3.8) is 0 Å². The summed E-state index contributed by atoms with van der Waals surface area (Å²) >= 11 is 0. The number of aryl methyl sites for hydroxylation is 1. The molecule has 2 rings (SSSR count). The van der Waals surface area contributed by atoms with Crippen molar-refractivity contribution < 1.29 is 13.2 Å². The Morgan fingerprint density at radius 2 is 1.74 bits per heavy atom. The van der Waals surface area contributed by atoms with Crippen molar-refractivity contribution in [1.29, 1.82) is 0 Å². The summed E-state index contributed by atoms with van der Waals surface area (Å²) in [6.45, 7) is 2.04. The molecule has 0 amide bonds. The first-order valence-corrected chi connectivity index (χ1v) is 8.58. The smallest absolute Gasteiger partial charge is 0.177 e. The Bertz CT molecular complexity index is 537. The van der Waals surface area contributed by atoms with Gasteiger partial charge in [-0.05, 0) is 24.8 Å². The van der Waals surface area contributed by atoms with Crippen molar-refractivity contribution in [2.45, 2.75) is 44.3 Å². The molecule has 1 fully saturated rings. The summed E-state index contributed by atoms with van der Waals surface area (Å²) in [6.07, 6.45) is 4.26. The largest absolute Gasteiger partial charge is 0.293 e. The fraction of sp³-hybridized carbons (Fsp3) is 0.533. The van der Waals surface area contributed by atoms with Crippen molar-refractivity contribution in [3.05, 3.63) is 35.4 Å². The molecule has 3 nitrogen and oxygen atoms in total. The number of Topliss-reactive ketones (excluding diaryl/α,β-unsaturated/α-hetero) is 1. The van der Waals surface area contributed by atoms with Crippen LogP contribution >= 0.6 is 0 Å². The Morgan fingerprint density at radius 3 is 2.26 bits per heavy atom. The molecule has 1 aromatic rings. The number of carbonyl (C=O) groups excluding carboxylic acids is 1. The second kappa shape index (κ2) is 5.87. The van der Waals surface area contributed by atoms with E-state index in [9.17, 15) is 13.2 Å². The zero-order valence-electron chi connectivity index (χ0n) is 11.3. The van der Waals surface area contributed by atoms with Gasteiger partial charge >= 0.3 is 0 Å². The zero-order valence-corrected chi connectivity index (χ0v) is 12.1. The molecule has 1 aliphatic carbocycles. The van der Waals surface area contributed by atoms with Crippen molar-refractivity contribution in [3.8, 4) is 0 Å². The highest BCUT2D eigenvalue weighted by Gasteiger charge is 2.30. The van der Waals surface area contributed by atoms with Crippen LogP contribution < -0.4 is 0 Å². The highest BCUT2D eigenvalue weighted by Crippen LogP contribution is 2.25. The monoisotopic (exact) mass is 280 g/mol. The average Bonchev–Trinajstić information content (AvgIpc) is 2.93. The third-order valence-corrected chi connectivity index (χ3v) is 5.98. The standard InChI is InChI=1S/C15H20O3S/c1-2-12-7-9-13(10-8-12)15(16)11-19(17,18)14-5-3-4-6-14/h7-10,14H,2-6,11H2,1H3. The number of hydrogen-bond acceptors (Lipinski definition) is 3. The van der Waals surface area contributed by atoms with Crippen LogP contribution in [-0.4, -0.2) is 25.2 Å². The molecule has 1 aromatic carbocycles. The maximum absolute atomic E-state index is 12.1. The molecule has 0 heterocycles. The molecule has 1 aliphatic rings. The lowest BCUT2D eigenvalue weighted by Crippen LogP contribution is -2.25. The van der Waals surface area contributed by atoms with Gasteiger partial charge in [0.1, 0.15) is 5.75 Å². The van der Waals surface area contributed by atoms with Crippen LogP contribution in [-0.2, 0) is 16.3 Å². The molecule has 0 aliphatic heterocycles. The Balaban J connectivity index is 2.07. The van der Waals surface area contributed by atoms with Gasteiger partial charge in [-0.3, -0.25) is 4.79 Å². The summed E-state index contributed by atoms with van der Waals surface area (Å²) in [5, 5.41) is -0.300. The molecular weight excluding hydrogens is 260 g/mol. The molecule has 1 saturated carbocycles. The van der Waals surface area contributed by atoms with Crippen LogP contribution in [0.25, 0.3) is 0 Å². The van der Waals surface area contributed by atoms with E-state index in [1.807, 2.05) is 19.1 Å². The van der Waals surface area contributed by atoms with Gasteiger partial charge in [0.25, 0.3) is 0 Å². The van der Waals surface area contributed by atoms with E-state index < -0.39 is 9.84 Å². The molecule has 0 N–H and O–H groups in total. The number of carbonyl (C=O) groups is 1. The van der Waals surface area contributed by atoms with Crippen LogP contribution in [0.3, 0.4) is 0 Å². The van der Waals surface area contributed by atoms with Crippen LogP contribution in [0.5, 0.6) is 0 Å². The molecule has 0 unspecified atom stereocenters. The van der Waals surface area contributed by atoms with Crippen LogP contribution in [0.2, 0.25) is 0 Å². The van der Waals surface area contributed by atoms with E-state index in [2.05, 4.69) is 0 Å². The predicted molar refractivity (Wildman–Crippen MR) is 76.2 cm³/mol. The SMILES string of the molecule is CCc1ccc(C(=O)CS(=O)(=O)C2CCCC2)cc1. The van der Waals surface area contributed by atoms with E-state index in [1.165, 1.54) is 0 Å². The van der Waals surface area contributed by atoms with Gasteiger partial charge in [0, 0.05) is 5.56 Å². The minimum Gasteiger partial charge on any atom is -0.293 e. The van der Waals surface area contributed by atoms with E-state index in [4.69, 9.17) is 0 Å². The molecule has 104 valence electrons. The first-order valence-electron chi connectivity index (χ1n) is 6.86. The molecule has 0 saturated heterocycles. The van der Waals surface area contributed by atoms with Gasteiger partial charge in [0.15, 0.2) is 15.6 Å². The fourth-order valence-electron chi connectivity index (χ4n) is 2.56. The van der Waals surface area contributed by atoms with Crippen molar-refractivity contribution in [2.24, 2.45) is 0 Å². The topological polar surface area (TPSA) is 51.2 Å². The third-order valence-electron chi connectivity index (χ3n) is 3.83. The molecule has 4 heteroatoms. The summed E-state index contributed by atoms with van der Waals surface area (Å²) in [5.74, 6) is -0.627. The molecule has 19 heavy (non-hydrogen) atoms. The zero-order chi connectivity index (χ0) is 13.9. The molecule has 0 spiro atoms. The van der Waals surface area contributed by atoms with Gasteiger partial charge < -0.3 is 0 Å². The maximum atomic E-state index is 12.1. The van der Waals surface area contributed by atoms with Crippen LogP contribution in [0.1, 0.15) is 48.5 Å². The second-order valence-electron chi connectivity index (χ2n) is 5.19. The van der Waals surface area contributed by atoms with Gasteiger partial charge in [0.05, 0.1) is 5.25 Å². The third kappa shape index (κ3) is 3.44. The van der Waals surface area contributed by atoms with Crippen molar-refractivity contribution >= 4 is 15.6 Å². The summed E-state index contributed by atoms with van der Waals surface area (Å²) in [7, 11) is -3.27. The highest BCUT2D eigenvalue weighted by molar-refractivity contribution is 7.92. The lowest BCUT2D eigenvalue weighted by atomic mass is 10.1. The van der Waals surface area contributed by atoms with Crippen LogP contribution in [0, 0.1) is 0 Å². The normalized spacial score (nSPS) is 16.7. The van der Waals surface area contributed by atoms with E-state index in [1.54, 1.807) is 12.1 Å². The molecule has 0 aromatic heterocycles. The van der Waals surface area contributed by atoms with Crippen LogP contribution in [0.4, 0.5) is 0 Å². The van der Waals surface area contributed by atoms with E-state index in [-0.39, 0.29) is 16.8 Å². The van der Waals surface area contributed by atoms with Gasteiger partial charge in [0.2, 0.25) is 0 Å². The summed E-state index contributed by atoms with van der Waals surface area (Å²) in [4.78, 5) is 12.0. The molecule has 0 radical (unpaired) electrons. The van der Waals surface area contributed by atoms with Crippen LogP contribution in [0.15, 0.2) is 24.3 Å². The van der Waals surface area contributed by atoms with Crippen molar-refractivity contribution in [1.82, 2.24) is 0 Å². The van der Waals surface area contributed by atoms with E-state index in [0.717, 1.165) is 24.8 Å². The Kier molecular flexibility index (Phi) is 4.40. The molecule has 0 atom stereocenters. The lowest BCUT2D eigenvalue weighted by Gasteiger charge is -2.10. The summed E-state index contributed by atoms with van der Waals surface area (Å²) < 4.78 is 24.2. The van der Waals surface area contributed by atoms with Gasteiger partial charge in [-0.25, -0.2) is 8.42 Å².